The Kier molecular flexibility index (Phi) is 6.42. The Labute approximate surface area is 202 Å². The summed E-state index contributed by atoms with van der Waals surface area (Å²) in [6, 6.07) is 10.6. The molecule has 0 atom stereocenters. The standard InChI is InChI=1S/C26H26F3N5O/c1-2-35-32-25(19-4-6-21(27)22(28)11-19)23-7-3-18(12-30-23)14-33-10-9-26(15-33)16-34(17-26)20-5-8-24(29)31-13-20/h3-8,11-13H,2,9-10,14-17H2,1H3. The lowest BCUT2D eigenvalue weighted by atomic mass is 9.79. The van der Waals surface area contributed by atoms with E-state index in [-0.39, 0.29) is 5.41 Å². The van der Waals surface area contributed by atoms with E-state index in [9.17, 15) is 13.2 Å². The molecule has 6 nitrogen and oxygen atoms in total. The first kappa shape index (κ1) is 23.3. The average Bonchev–Trinajstić information content (AvgIpc) is 3.26. The lowest BCUT2D eigenvalue weighted by molar-refractivity contribution is 0.159. The number of hydrogen-bond acceptors (Lipinski definition) is 6. The number of rotatable bonds is 7. The number of aromatic nitrogens is 2. The van der Waals surface area contributed by atoms with Crippen molar-refractivity contribution >= 4 is 11.4 Å². The first-order chi connectivity index (χ1) is 16.9. The van der Waals surface area contributed by atoms with Crippen LogP contribution in [0.25, 0.3) is 0 Å². The Morgan fingerprint density at radius 3 is 2.54 bits per heavy atom. The molecule has 0 saturated carbocycles. The van der Waals surface area contributed by atoms with Crippen molar-refractivity contribution < 1.29 is 18.0 Å². The van der Waals surface area contributed by atoms with Crippen molar-refractivity contribution in [2.45, 2.75) is 19.9 Å². The first-order valence-corrected chi connectivity index (χ1v) is 11.6. The smallest absolute Gasteiger partial charge is 0.212 e. The molecule has 1 spiro atoms. The molecular formula is C26H26F3N5O. The van der Waals surface area contributed by atoms with Gasteiger partial charge in [0.15, 0.2) is 11.6 Å². The molecule has 2 aliphatic heterocycles. The number of likely N-dealkylation sites (tertiary alicyclic amines) is 1. The third-order valence-corrected chi connectivity index (χ3v) is 6.60. The van der Waals surface area contributed by atoms with Gasteiger partial charge in [0.2, 0.25) is 5.95 Å². The number of nitrogens with zero attached hydrogens (tertiary/aromatic N) is 5. The van der Waals surface area contributed by atoms with Crippen LogP contribution in [0.1, 0.15) is 30.2 Å². The summed E-state index contributed by atoms with van der Waals surface area (Å²) in [6.45, 7) is 6.80. The van der Waals surface area contributed by atoms with Crippen LogP contribution in [0.5, 0.6) is 0 Å². The molecule has 2 aromatic heterocycles. The van der Waals surface area contributed by atoms with Crippen molar-refractivity contribution in [1.82, 2.24) is 14.9 Å². The summed E-state index contributed by atoms with van der Waals surface area (Å²) >= 11 is 0. The van der Waals surface area contributed by atoms with Gasteiger partial charge in [-0.2, -0.15) is 4.39 Å². The predicted molar refractivity (Wildman–Crippen MR) is 127 cm³/mol. The maximum Gasteiger partial charge on any atom is 0.212 e. The van der Waals surface area contributed by atoms with Crippen molar-refractivity contribution in [3.63, 3.8) is 0 Å². The number of hydrogen-bond donors (Lipinski definition) is 0. The summed E-state index contributed by atoms with van der Waals surface area (Å²) in [5.41, 5.74) is 3.54. The van der Waals surface area contributed by atoms with Gasteiger partial charge in [-0.15, -0.1) is 0 Å². The van der Waals surface area contributed by atoms with Crippen molar-refractivity contribution in [2.75, 3.05) is 37.7 Å². The molecule has 0 amide bonds. The van der Waals surface area contributed by atoms with Crippen LogP contribution in [0.2, 0.25) is 0 Å². The van der Waals surface area contributed by atoms with Gasteiger partial charge in [-0.3, -0.25) is 9.88 Å². The van der Waals surface area contributed by atoms with E-state index in [0.717, 1.165) is 62.5 Å². The van der Waals surface area contributed by atoms with Crippen molar-refractivity contribution in [1.29, 1.82) is 0 Å². The molecule has 2 aliphatic rings. The molecule has 4 heterocycles. The minimum atomic E-state index is -0.948. The second-order valence-electron chi connectivity index (χ2n) is 9.19. The van der Waals surface area contributed by atoms with Crippen LogP contribution in [0, 0.1) is 23.0 Å². The lowest BCUT2D eigenvalue weighted by Crippen LogP contribution is -2.57. The summed E-state index contributed by atoms with van der Waals surface area (Å²) in [5.74, 6) is -2.33. The second kappa shape index (κ2) is 9.65. The number of anilines is 1. The van der Waals surface area contributed by atoms with Crippen molar-refractivity contribution in [3.8, 4) is 0 Å². The first-order valence-electron chi connectivity index (χ1n) is 11.6. The number of halogens is 3. The summed E-state index contributed by atoms with van der Waals surface area (Å²) < 4.78 is 40.3. The van der Waals surface area contributed by atoms with Crippen LogP contribution in [-0.4, -0.2) is 53.4 Å². The Hall–Kier alpha value is -3.46. The third-order valence-electron chi connectivity index (χ3n) is 6.60. The quantitative estimate of drug-likeness (QED) is 0.285. The Bertz CT molecular complexity index is 1210. The van der Waals surface area contributed by atoms with Gasteiger partial charge in [-0.25, -0.2) is 13.8 Å². The fraction of sp³-hybridized carbons (Fsp3) is 0.346. The maximum atomic E-state index is 13.8. The van der Waals surface area contributed by atoms with Crippen LogP contribution >= 0.6 is 0 Å². The molecule has 0 aliphatic carbocycles. The number of pyridine rings is 2. The van der Waals surface area contributed by atoms with Crippen LogP contribution in [0.4, 0.5) is 18.9 Å². The molecule has 35 heavy (non-hydrogen) atoms. The predicted octanol–water partition coefficient (Wildman–Crippen LogP) is 4.40. The van der Waals surface area contributed by atoms with E-state index >= 15 is 0 Å². The van der Waals surface area contributed by atoms with Crippen LogP contribution < -0.4 is 4.90 Å². The van der Waals surface area contributed by atoms with Gasteiger partial charge >= 0.3 is 0 Å². The van der Waals surface area contributed by atoms with Crippen LogP contribution in [0.15, 0.2) is 60.0 Å². The van der Waals surface area contributed by atoms with Crippen molar-refractivity contribution in [2.24, 2.45) is 10.6 Å². The Morgan fingerprint density at radius 1 is 1.00 bits per heavy atom. The molecular weight excluding hydrogens is 455 g/mol. The molecule has 3 aromatic rings. The number of oxime groups is 1. The van der Waals surface area contributed by atoms with E-state index < -0.39 is 17.6 Å². The van der Waals surface area contributed by atoms with E-state index in [0.29, 0.717) is 23.6 Å². The largest absolute Gasteiger partial charge is 0.396 e. The van der Waals surface area contributed by atoms with Gasteiger partial charge in [0.25, 0.3) is 0 Å². The normalized spacial score (nSPS) is 17.6. The molecule has 5 rings (SSSR count). The van der Waals surface area contributed by atoms with E-state index in [2.05, 4.69) is 24.9 Å². The monoisotopic (exact) mass is 481 g/mol. The minimum Gasteiger partial charge on any atom is -0.396 e. The van der Waals surface area contributed by atoms with Crippen LogP contribution in [-0.2, 0) is 11.4 Å². The SMILES string of the molecule is CCON=C(c1ccc(F)c(F)c1)c1ccc(CN2CCC3(C2)CN(c2ccc(F)nc2)C3)cn1. The zero-order valence-electron chi connectivity index (χ0n) is 19.4. The fourth-order valence-corrected chi connectivity index (χ4v) is 4.86. The zero-order chi connectivity index (χ0) is 24.4. The van der Waals surface area contributed by atoms with E-state index in [1.54, 1.807) is 25.4 Å². The maximum absolute atomic E-state index is 13.8. The van der Waals surface area contributed by atoms with Gasteiger partial charge in [-0.05, 0) is 61.9 Å². The number of benzene rings is 1. The summed E-state index contributed by atoms with van der Waals surface area (Å²) in [4.78, 5) is 18.1. The van der Waals surface area contributed by atoms with Crippen LogP contribution in [0.3, 0.4) is 0 Å². The third kappa shape index (κ3) is 5.00. The highest BCUT2D eigenvalue weighted by Gasteiger charge is 2.47. The van der Waals surface area contributed by atoms with Gasteiger partial charge in [-0.1, -0.05) is 11.2 Å². The molecule has 0 unspecified atom stereocenters. The second-order valence-corrected chi connectivity index (χ2v) is 9.19. The van der Waals surface area contributed by atoms with E-state index in [1.165, 1.54) is 12.1 Å². The molecule has 0 bridgehead atoms. The zero-order valence-corrected chi connectivity index (χ0v) is 19.4. The Morgan fingerprint density at radius 2 is 1.86 bits per heavy atom. The molecule has 2 fully saturated rings. The molecule has 0 radical (unpaired) electrons. The summed E-state index contributed by atoms with van der Waals surface area (Å²) in [7, 11) is 0. The highest BCUT2D eigenvalue weighted by molar-refractivity contribution is 6.11. The minimum absolute atomic E-state index is 0.256. The molecule has 0 N–H and O–H groups in total. The van der Waals surface area contributed by atoms with E-state index in [4.69, 9.17) is 4.84 Å². The van der Waals surface area contributed by atoms with Gasteiger partial charge in [0, 0.05) is 43.4 Å². The van der Waals surface area contributed by atoms with E-state index in [1.807, 2.05) is 12.1 Å². The highest BCUT2D eigenvalue weighted by atomic mass is 19.2. The summed E-state index contributed by atoms with van der Waals surface area (Å²) in [5, 5.41) is 4.09. The molecule has 9 heteroatoms. The topological polar surface area (TPSA) is 53.9 Å². The molecule has 182 valence electrons. The van der Waals surface area contributed by atoms with Gasteiger partial charge in [0.05, 0.1) is 17.6 Å². The highest BCUT2D eigenvalue weighted by Crippen LogP contribution is 2.42. The molecule has 1 aromatic carbocycles. The lowest BCUT2D eigenvalue weighted by Gasteiger charge is -2.49. The van der Waals surface area contributed by atoms with Gasteiger partial charge < -0.3 is 9.74 Å². The van der Waals surface area contributed by atoms with Crippen molar-refractivity contribution in [3.05, 3.63) is 89.3 Å². The summed E-state index contributed by atoms with van der Waals surface area (Å²) in [6.07, 6.45) is 4.50. The fourth-order valence-electron chi connectivity index (χ4n) is 4.86. The average molecular weight is 482 g/mol. The van der Waals surface area contributed by atoms with Gasteiger partial charge in [0.1, 0.15) is 12.3 Å². The molecule has 2 saturated heterocycles. The Balaban J connectivity index is 1.22.